The number of methoxy groups -OCH3 is 1. The zero-order valence-electron chi connectivity index (χ0n) is 16.2. The number of hydrogen-bond donors (Lipinski definition) is 1. The van der Waals surface area contributed by atoms with Crippen molar-refractivity contribution < 1.29 is 24.2 Å². The van der Waals surface area contributed by atoms with Crippen molar-refractivity contribution in [2.75, 3.05) is 26.8 Å². The summed E-state index contributed by atoms with van der Waals surface area (Å²) in [5.74, 6) is 0.130. The summed E-state index contributed by atoms with van der Waals surface area (Å²) in [4.78, 5) is 26.7. The molecule has 1 fully saturated rings. The van der Waals surface area contributed by atoms with Crippen LogP contribution in [-0.2, 0) is 10.2 Å². The maximum absolute atomic E-state index is 12.9. The van der Waals surface area contributed by atoms with Crippen LogP contribution in [0.1, 0.15) is 35.7 Å². The topological polar surface area (TPSA) is 76.1 Å². The number of nitrogens with zero attached hydrogens (tertiary/aromatic N) is 1. The summed E-state index contributed by atoms with van der Waals surface area (Å²) in [5.41, 5.74) is 0.342. The fourth-order valence-corrected chi connectivity index (χ4v) is 3.73. The highest BCUT2D eigenvalue weighted by Gasteiger charge is 2.43. The van der Waals surface area contributed by atoms with Crippen LogP contribution in [0.25, 0.3) is 0 Å². The second kappa shape index (κ2) is 8.33. The third-order valence-electron chi connectivity index (χ3n) is 5.35. The highest BCUT2D eigenvalue weighted by atomic mass is 16.5. The Morgan fingerprint density at radius 3 is 2.32 bits per heavy atom. The van der Waals surface area contributed by atoms with Gasteiger partial charge in [-0.05, 0) is 43.5 Å². The molecule has 0 radical (unpaired) electrons. The predicted octanol–water partition coefficient (Wildman–Crippen LogP) is 3.35. The summed E-state index contributed by atoms with van der Waals surface area (Å²) in [7, 11) is 1.54. The van der Waals surface area contributed by atoms with Crippen molar-refractivity contribution in [1.29, 1.82) is 0 Å². The van der Waals surface area contributed by atoms with Gasteiger partial charge in [-0.2, -0.15) is 0 Å². The summed E-state index contributed by atoms with van der Waals surface area (Å²) in [6.07, 6.45) is 0.762. The van der Waals surface area contributed by atoms with Gasteiger partial charge in [-0.25, -0.2) is 0 Å². The fourth-order valence-electron chi connectivity index (χ4n) is 3.73. The number of benzene rings is 2. The van der Waals surface area contributed by atoms with Crippen LogP contribution in [0.3, 0.4) is 0 Å². The minimum atomic E-state index is -0.950. The maximum Gasteiger partial charge on any atom is 0.314 e. The van der Waals surface area contributed by atoms with Crippen molar-refractivity contribution in [2.24, 2.45) is 0 Å². The number of carbonyl (C=O) groups is 2. The fraction of sp³-hybridized carbons (Fsp3) is 0.364. The predicted molar refractivity (Wildman–Crippen MR) is 105 cm³/mol. The molecular formula is C22H25NO5. The normalized spacial score (nSPS) is 15.7. The number of carboxylic acid groups (broad SMARTS) is 1. The lowest BCUT2D eigenvalue weighted by molar-refractivity contribution is -0.145. The molecule has 1 aliphatic rings. The zero-order chi connectivity index (χ0) is 20.1. The van der Waals surface area contributed by atoms with E-state index in [9.17, 15) is 14.7 Å². The summed E-state index contributed by atoms with van der Waals surface area (Å²) in [6.45, 7) is 3.16. The highest BCUT2D eigenvalue weighted by molar-refractivity contribution is 5.95. The van der Waals surface area contributed by atoms with Crippen LogP contribution >= 0.6 is 0 Å². The molecule has 3 rings (SSSR count). The number of likely N-dealkylation sites (tertiary alicyclic amines) is 1. The van der Waals surface area contributed by atoms with Gasteiger partial charge in [-0.1, -0.05) is 30.3 Å². The molecule has 2 aromatic rings. The third kappa shape index (κ3) is 3.67. The Labute approximate surface area is 164 Å². The van der Waals surface area contributed by atoms with Crippen LogP contribution < -0.4 is 9.47 Å². The molecule has 0 saturated carbocycles. The molecule has 0 atom stereocenters. The monoisotopic (exact) mass is 383 g/mol. The largest absolute Gasteiger partial charge is 0.493 e. The Kier molecular flexibility index (Phi) is 5.87. The molecule has 0 spiro atoms. The van der Waals surface area contributed by atoms with Gasteiger partial charge >= 0.3 is 5.97 Å². The van der Waals surface area contributed by atoms with E-state index in [4.69, 9.17) is 9.47 Å². The van der Waals surface area contributed by atoms with Gasteiger partial charge < -0.3 is 19.5 Å². The van der Waals surface area contributed by atoms with E-state index in [-0.39, 0.29) is 5.91 Å². The van der Waals surface area contributed by atoms with Gasteiger partial charge in [-0.3, -0.25) is 9.59 Å². The second-order valence-electron chi connectivity index (χ2n) is 6.84. The molecule has 1 heterocycles. The standard InChI is InChI=1S/C22H25NO5/c1-3-28-18-10-9-16(15-19(18)27-2)20(24)23-13-11-22(12-14-23,21(25)26)17-7-5-4-6-8-17/h4-10,15H,3,11-14H2,1-2H3,(H,25,26). The van der Waals surface area contributed by atoms with Crippen molar-refractivity contribution in [3.63, 3.8) is 0 Å². The molecule has 6 nitrogen and oxygen atoms in total. The van der Waals surface area contributed by atoms with Gasteiger partial charge in [0.2, 0.25) is 0 Å². The van der Waals surface area contributed by atoms with E-state index in [0.29, 0.717) is 49.6 Å². The lowest BCUT2D eigenvalue weighted by atomic mass is 9.73. The number of ether oxygens (including phenoxy) is 2. The zero-order valence-corrected chi connectivity index (χ0v) is 16.2. The van der Waals surface area contributed by atoms with Crippen molar-refractivity contribution in [3.8, 4) is 11.5 Å². The Bertz CT molecular complexity index is 841. The van der Waals surface area contributed by atoms with Crippen LogP contribution in [0.15, 0.2) is 48.5 Å². The van der Waals surface area contributed by atoms with Crippen molar-refractivity contribution >= 4 is 11.9 Å². The molecule has 1 N–H and O–H groups in total. The van der Waals surface area contributed by atoms with E-state index in [1.807, 2.05) is 37.3 Å². The van der Waals surface area contributed by atoms with E-state index < -0.39 is 11.4 Å². The van der Waals surface area contributed by atoms with Crippen LogP contribution in [0.5, 0.6) is 11.5 Å². The van der Waals surface area contributed by atoms with Gasteiger partial charge in [0.1, 0.15) is 0 Å². The number of piperidine rings is 1. The van der Waals surface area contributed by atoms with Crippen LogP contribution in [0, 0.1) is 0 Å². The molecule has 0 unspecified atom stereocenters. The van der Waals surface area contributed by atoms with Gasteiger partial charge in [0.25, 0.3) is 5.91 Å². The molecular weight excluding hydrogens is 358 g/mol. The summed E-state index contributed by atoms with van der Waals surface area (Å²) in [5, 5.41) is 9.90. The number of carboxylic acids is 1. The number of hydrogen-bond acceptors (Lipinski definition) is 4. The van der Waals surface area contributed by atoms with Crippen molar-refractivity contribution in [3.05, 3.63) is 59.7 Å². The van der Waals surface area contributed by atoms with Gasteiger partial charge in [0, 0.05) is 18.7 Å². The second-order valence-corrected chi connectivity index (χ2v) is 6.84. The molecule has 148 valence electrons. The molecule has 1 saturated heterocycles. The molecule has 0 bridgehead atoms. The molecule has 1 amide bonds. The Morgan fingerprint density at radius 2 is 1.75 bits per heavy atom. The minimum absolute atomic E-state index is 0.131. The van der Waals surface area contributed by atoms with E-state index >= 15 is 0 Å². The molecule has 0 aliphatic carbocycles. The molecule has 1 aliphatic heterocycles. The smallest absolute Gasteiger partial charge is 0.314 e. The first kappa shape index (κ1) is 19.7. The average Bonchev–Trinajstić information content (AvgIpc) is 2.74. The number of amides is 1. The van der Waals surface area contributed by atoms with Gasteiger partial charge in [0.05, 0.1) is 19.1 Å². The van der Waals surface area contributed by atoms with Crippen LogP contribution in [0.2, 0.25) is 0 Å². The van der Waals surface area contributed by atoms with E-state index in [1.165, 1.54) is 7.11 Å². The number of rotatable bonds is 6. The number of carbonyl (C=O) groups excluding carboxylic acids is 1. The molecule has 6 heteroatoms. The lowest BCUT2D eigenvalue weighted by Gasteiger charge is -2.39. The Hall–Kier alpha value is -3.02. The van der Waals surface area contributed by atoms with Crippen LogP contribution in [-0.4, -0.2) is 48.7 Å². The van der Waals surface area contributed by atoms with E-state index in [1.54, 1.807) is 23.1 Å². The average molecular weight is 383 g/mol. The maximum atomic E-state index is 12.9. The van der Waals surface area contributed by atoms with Gasteiger partial charge in [-0.15, -0.1) is 0 Å². The Morgan fingerprint density at radius 1 is 1.07 bits per heavy atom. The quantitative estimate of drug-likeness (QED) is 0.828. The van der Waals surface area contributed by atoms with E-state index in [0.717, 1.165) is 5.56 Å². The van der Waals surface area contributed by atoms with Crippen LogP contribution in [0.4, 0.5) is 0 Å². The summed E-state index contributed by atoms with van der Waals surface area (Å²) < 4.78 is 10.8. The molecule has 28 heavy (non-hydrogen) atoms. The third-order valence-corrected chi connectivity index (χ3v) is 5.35. The SMILES string of the molecule is CCOc1ccc(C(=O)N2CCC(C(=O)O)(c3ccccc3)CC2)cc1OC. The lowest BCUT2D eigenvalue weighted by Crippen LogP contribution is -2.49. The van der Waals surface area contributed by atoms with Crippen molar-refractivity contribution in [2.45, 2.75) is 25.2 Å². The highest BCUT2D eigenvalue weighted by Crippen LogP contribution is 2.36. The molecule has 2 aromatic carbocycles. The van der Waals surface area contributed by atoms with Crippen molar-refractivity contribution in [1.82, 2.24) is 4.90 Å². The minimum Gasteiger partial charge on any atom is -0.493 e. The summed E-state index contributed by atoms with van der Waals surface area (Å²) >= 11 is 0. The van der Waals surface area contributed by atoms with Gasteiger partial charge in [0.15, 0.2) is 11.5 Å². The first-order chi connectivity index (χ1) is 13.5. The summed E-state index contributed by atoms with van der Waals surface area (Å²) in [6, 6.07) is 14.4. The first-order valence-electron chi connectivity index (χ1n) is 9.41. The first-order valence-corrected chi connectivity index (χ1v) is 9.41. The molecule has 0 aromatic heterocycles. The van der Waals surface area contributed by atoms with E-state index in [2.05, 4.69) is 0 Å². The number of aliphatic carboxylic acids is 1. The Balaban J connectivity index is 1.77.